The Kier molecular flexibility index (Phi) is 3.61. The number of hydrogen-bond acceptors (Lipinski definition) is 2. The fourth-order valence-electron chi connectivity index (χ4n) is 1.40. The Morgan fingerprint density at radius 1 is 1.43 bits per heavy atom. The Bertz CT molecular complexity index is 297. The number of rotatable bonds is 4. The van der Waals surface area contributed by atoms with Crippen LogP contribution in [-0.2, 0) is 5.41 Å². The van der Waals surface area contributed by atoms with Crippen molar-refractivity contribution in [2.45, 2.75) is 19.3 Å². The van der Waals surface area contributed by atoms with Gasteiger partial charge in [-0.3, -0.25) is 0 Å². The molecule has 0 amide bonds. The van der Waals surface area contributed by atoms with Gasteiger partial charge in [0.05, 0.1) is 0 Å². The molecule has 0 saturated heterocycles. The van der Waals surface area contributed by atoms with Crippen molar-refractivity contribution in [3.8, 4) is 0 Å². The summed E-state index contributed by atoms with van der Waals surface area (Å²) in [5, 5.41) is 3.06. The van der Waals surface area contributed by atoms with E-state index in [0.29, 0.717) is 6.67 Å². The highest BCUT2D eigenvalue weighted by Gasteiger charge is 2.19. The first-order valence-electron chi connectivity index (χ1n) is 4.73. The molecule has 0 unspecified atom stereocenters. The van der Waals surface area contributed by atoms with E-state index < -0.39 is 0 Å². The van der Waals surface area contributed by atoms with Crippen LogP contribution in [0.4, 0.5) is 4.39 Å². The van der Waals surface area contributed by atoms with Gasteiger partial charge in [-0.1, -0.05) is 26.0 Å². The summed E-state index contributed by atoms with van der Waals surface area (Å²) in [6.07, 6.45) is 0. The van der Waals surface area contributed by atoms with Gasteiger partial charge in [0.1, 0.15) is 5.82 Å². The lowest BCUT2D eigenvalue weighted by molar-refractivity contribution is 0.471. The van der Waals surface area contributed by atoms with Crippen molar-refractivity contribution in [3.63, 3.8) is 0 Å². The smallest absolute Gasteiger partial charge is 0.123 e. The third-order valence-electron chi connectivity index (χ3n) is 2.32. The zero-order valence-corrected chi connectivity index (χ0v) is 8.68. The van der Waals surface area contributed by atoms with Crippen LogP contribution in [0.5, 0.6) is 0 Å². The number of nitrogens with two attached hydrogens (primary N) is 1. The van der Waals surface area contributed by atoms with Crippen LogP contribution in [0.25, 0.3) is 0 Å². The molecule has 3 heteroatoms. The number of nitrogens with one attached hydrogen (secondary N) is 1. The average Bonchev–Trinajstić information content (AvgIpc) is 2.15. The summed E-state index contributed by atoms with van der Waals surface area (Å²) in [4.78, 5) is 0. The topological polar surface area (TPSA) is 38.0 Å². The van der Waals surface area contributed by atoms with Crippen LogP contribution in [0.15, 0.2) is 24.3 Å². The van der Waals surface area contributed by atoms with Crippen LogP contribution in [-0.4, -0.2) is 13.2 Å². The molecular weight excluding hydrogens is 179 g/mol. The second-order valence-electron chi connectivity index (χ2n) is 4.03. The Hall–Kier alpha value is -0.930. The lowest BCUT2D eigenvalue weighted by atomic mass is 9.84. The van der Waals surface area contributed by atoms with Crippen molar-refractivity contribution in [2.75, 3.05) is 13.2 Å². The zero-order valence-electron chi connectivity index (χ0n) is 8.68. The summed E-state index contributed by atoms with van der Waals surface area (Å²) in [6, 6.07) is 6.68. The summed E-state index contributed by atoms with van der Waals surface area (Å²) >= 11 is 0. The van der Waals surface area contributed by atoms with Gasteiger partial charge in [0.2, 0.25) is 0 Å². The lowest BCUT2D eigenvalue weighted by Crippen LogP contribution is -2.36. The van der Waals surface area contributed by atoms with E-state index in [4.69, 9.17) is 5.73 Å². The van der Waals surface area contributed by atoms with E-state index in [-0.39, 0.29) is 11.2 Å². The molecule has 0 radical (unpaired) electrons. The molecule has 0 aliphatic rings. The normalized spacial score (nSPS) is 11.7. The highest BCUT2D eigenvalue weighted by atomic mass is 19.1. The maximum atomic E-state index is 13.0. The van der Waals surface area contributed by atoms with Crippen molar-refractivity contribution >= 4 is 0 Å². The molecule has 1 rings (SSSR count). The molecule has 3 N–H and O–H groups in total. The number of hydrogen-bond donors (Lipinski definition) is 2. The second-order valence-corrected chi connectivity index (χ2v) is 4.03. The molecule has 14 heavy (non-hydrogen) atoms. The van der Waals surface area contributed by atoms with Gasteiger partial charge in [0.25, 0.3) is 0 Å². The van der Waals surface area contributed by atoms with Crippen LogP contribution in [0.3, 0.4) is 0 Å². The minimum absolute atomic E-state index is 0.0958. The van der Waals surface area contributed by atoms with Gasteiger partial charge in [-0.05, 0) is 17.7 Å². The maximum Gasteiger partial charge on any atom is 0.123 e. The Morgan fingerprint density at radius 2 is 2.14 bits per heavy atom. The van der Waals surface area contributed by atoms with Crippen molar-refractivity contribution in [3.05, 3.63) is 35.6 Å². The van der Waals surface area contributed by atoms with Gasteiger partial charge in [0, 0.05) is 18.6 Å². The van der Waals surface area contributed by atoms with E-state index in [1.165, 1.54) is 6.07 Å². The molecule has 0 spiro atoms. The van der Waals surface area contributed by atoms with E-state index in [1.54, 1.807) is 12.1 Å². The highest BCUT2D eigenvalue weighted by Crippen LogP contribution is 2.22. The fourth-order valence-corrected chi connectivity index (χ4v) is 1.40. The molecule has 1 aromatic carbocycles. The first-order chi connectivity index (χ1) is 6.56. The second kappa shape index (κ2) is 4.53. The maximum absolute atomic E-state index is 13.0. The van der Waals surface area contributed by atoms with Gasteiger partial charge in [-0.15, -0.1) is 0 Å². The number of halogens is 1. The molecule has 1 aromatic rings. The zero-order chi connectivity index (χ0) is 10.6. The molecule has 0 saturated carbocycles. The molecule has 0 aromatic heterocycles. The van der Waals surface area contributed by atoms with Gasteiger partial charge in [-0.2, -0.15) is 0 Å². The molecule has 0 aliphatic heterocycles. The van der Waals surface area contributed by atoms with Gasteiger partial charge >= 0.3 is 0 Å². The fraction of sp³-hybridized carbons (Fsp3) is 0.455. The summed E-state index contributed by atoms with van der Waals surface area (Å²) in [7, 11) is 0. The van der Waals surface area contributed by atoms with Gasteiger partial charge < -0.3 is 11.1 Å². The Balaban J connectivity index is 2.80. The molecule has 0 heterocycles. The molecule has 0 atom stereocenters. The van der Waals surface area contributed by atoms with Gasteiger partial charge in [-0.25, -0.2) is 4.39 Å². The molecule has 0 aliphatic carbocycles. The van der Waals surface area contributed by atoms with E-state index in [0.717, 1.165) is 12.1 Å². The lowest BCUT2D eigenvalue weighted by Gasteiger charge is -2.25. The first kappa shape index (κ1) is 11.1. The summed E-state index contributed by atoms with van der Waals surface area (Å²) in [5.41, 5.74) is 6.25. The monoisotopic (exact) mass is 196 g/mol. The van der Waals surface area contributed by atoms with E-state index >= 15 is 0 Å². The van der Waals surface area contributed by atoms with Crippen molar-refractivity contribution < 1.29 is 4.39 Å². The van der Waals surface area contributed by atoms with Crippen LogP contribution < -0.4 is 11.1 Å². The molecule has 78 valence electrons. The van der Waals surface area contributed by atoms with Crippen LogP contribution >= 0.6 is 0 Å². The van der Waals surface area contributed by atoms with Crippen LogP contribution in [0, 0.1) is 5.82 Å². The van der Waals surface area contributed by atoms with E-state index in [9.17, 15) is 4.39 Å². The predicted octanol–water partition coefficient (Wildman–Crippen LogP) is 1.61. The molecule has 0 fully saturated rings. The third kappa shape index (κ3) is 2.79. The standard InChI is InChI=1S/C11H17FN2/c1-11(2,7-14-8-13)9-4-3-5-10(12)6-9/h3-6,14H,7-8,13H2,1-2H3. The molecular formula is C11H17FN2. The molecule has 2 nitrogen and oxygen atoms in total. The summed E-state index contributed by atoms with van der Waals surface area (Å²) in [6.45, 7) is 5.31. The minimum atomic E-state index is -0.191. The van der Waals surface area contributed by atoms with Gasteiger partial charge in [0.15, 0.2) is 0 Å². The van der Waals surface area contributed by atoms with Crippen LogP contribution in [0.2, 0.25) is 0 Å². The Morgan fingerprint density at radius 3 is 2.71 bits per heavy atom. The van der Waals surface area contributed by atoms with Crippen molar-refractivity contribution in [1.29, 1.82) is 0 Å². The van der Waals surface area contributed by atoms with Crippen molar-refractivity contribution in [2.24, 2.45) is 5.73 Å². The highest BCUT2D eigenvalue weighted by molar-refractivity contribution is 5.24. The van der Waals surface area contributed by atoms with Crippen molar-refractivity contribution in [1.82, 2.24) is 5.32 Å². The number of benzene rings is 1. The quantitative estimate of drug-likeness (QED) is 0.718. The first-order valence-corrected chi connectivity index (χ1v) is 4.73. The summed E-state index contributed by atoms with van der Waals surface area (Å²) in [5.74, 6) is -0.191. The largest absolute Gasteiger partial charge is 0.318 e. The Labute approximate surface area is 84.3 Å². The van der Waals surface area contributed by atoms with E-state index in [2.05, 4.69) is 19.2 Å². The molecule has 0 bridgehead atoms. The van der Waals surface area contributed by atoms with Crippen LogP contribution in [0.1, 0.15) is 19.4 Å². The predicted molar refractivity (Wildman–Crippen MR) is 56.5 cm³/mol. The SMILES string of the molecule is CC(C)(CNCN)c1cccc(F)c1. The summed E-state index contributed by atoms with van der Waals surface area (Å²) < 4.78 is 13.0. The third-order valence-corrected chi connectivity index (χ3v) is 2.32. The van der Waals surface area contributed by atoms with E-state index in [1.807, 2.05) is 6.07 Å². The minimum Gasteiger partial charge on any atom is -0.318 e. The average molecular weight is 196 g/mol.